The third-order valence-electron chi connectivity index (χ3n) is 2.85. The summed E-state index contributed by atoms with van der Waals surface area (Å²) in [5.41, 5.74) is 0.287. The first-order valence-corrected chi connectivity index (χ1v) is 6.34. The van der Waals surface area contributed by atoms with Crippen LogP contribution in [0.3, 0.4) is 0 Å². The highest BCUT2D eigenvalue weighted by atomic mass is 16.5. The minimum atomic E-state index is -0.321. The second-order valence-electron chi connectivity index (χ2n) is 4.30. The molecular formula is C14H16N2O3. The molecule has 2 aromatic rings. The lowest BCUT2D eigenvalue weighted by Gasteiger charge is -2.05. The van der Waals surface area contributed by atoms with Crippen LogP contribution in [0.15, 0.2) is 29.1 Å². The first-order chi connectivity index (χ1) is 9.22. The Hall–Kier alpha value is -2.17. The van der Waals surface area contributed by atoms with Crippen molar-refractivity contribution < 1.29 is 9.53 Å². The Kier molecular flexibility index (Phi) is 4.28. The van der Waals surface area contributed by atoms with E-state index in [1.54, 1.807) is 18.2 Å². The predicted octanol–water partition coefficient (Wildman–Crippen LogP) is 1.81. The molecule has 0 amide bonds. The first-order valence-electron chi connectivity index (χ1n) is 6.34. The lowest BCUT2D eigenvalue weighted by molar-refractivity contribution is -0.142. The van der Waals surface area contributed by atoms with Crippen LogP contribution >= 0.6 is 0 Å². The van der Waals surface area contributed by atoms with E-state index in [9.17, 15) is 9.59 Å². The molecule has 2 rings (SSSR count). The summed E-state index contributed by atoms with van der Waals surface area (Å²) in [5, 5.41) is 7.57. The van der Waals surface area contributed by atoms with Crippen molar-refractivity contribution in [3.05, 3.63) is 40.3 Å². The summed E-state index contributed by atoms with van der Waals surface area (Å²) >= 11 is 0. The zero-order valence-electron chi connectivity index (χ0n) is 10.8. The number of rotatable bonds is 5. The smallest absolute Gasteiger partial charge is 0.311 e. The van der Waals surface area contributed by atoms with Crippen molar-refractivity contribution in [3.8, 4) is 0 Å². The highest BCUT2D eigenvalue weighted by molar-refractivity contribution is 5.86. The van der Waals surface area contributed by atoms with E-state index in [1.807, 2.05) is 13.0 Å². The molecule has 0 aliphatic rings. The van der Waals surface area contributed by atoms with Crippen LogP contribution < -0.4 is 5.56 Å². The molecule has 1 aromatic heterocycles. The van der Waals surface area contributed by atoms with E-state index >= 15 is 0 Å². The van der Waals surface area contributed by atoms with Crippen LogP contribution in [0.25, 0.3) is 10.8 Å². The monoisotopic (exact) mass is 260 g/mol. The van der Waals surface area contributed by atoms with Crippen molar-refractivity contribution >= 4 is 16.7 Å². The van der Waals surface area contributed by atoms with E-state index in [0.717, 1.165) is 12.8 Å². The van der Waals surface area contributed by atoms with Gasteiger partial charge in [-0.3, -0.25) is 9.59 Å². The fourth-order valence-corrected chi connectivity index (χ4v) is 1.82. The van der Waals surface area contributed by atoms with Crippen molar-refractivity contribution in [2.24, 2.45) is 0 Å². The summed E-state index contributed by atoms with van der Waals surface area (Å²) in [5.74, 6) is -0.321. The van der Waals surface area contributed by atoms with Gasteiger partial charge in [-0.15, -0.1) is 0 Å². The molecule has 0 saturated carbocycles. The number of aromatic amines is 1. The minimum absolute atomic E-state index is 0.0704. The number of ether oxygens (including phenoxy) is 1. The number of aromatic nitrogens is 2. The summed E-state index contributed by atoms with van der Waals surface area (Å²) < 4.78 is 5.09. The van der Waals surface area contributed by atoms with Crippen molar-refractivity contribution in [1.29, 1.82) is 0 Å². The molecule has 5 nitrogen and oxygen atoms in total. The highest BCUT2D eigenvalue weighted by Crippen LogP contribution is 2.13. The second kappa shape index (κ2) is 6.13. The molecule has 1 aromatic carbocycles. The predicted molar refractivity (Wildman–Crippen MR) is 71.9 cm³/mol. The minimum Gasteiger partial charge on any atom is -0.465 e. The van der Waals surface area contributed by atoms with Crippen LogP contribution in [0.5, 0.6) is 0 Å². The van der Waals surface area contributed by atoms with Crippen molar-refractivity contribution in [2.45, 2.75) is 26.2 Å². The van der Waals surface area contributed by atoms with Gasteiger partial charge in [-0.1, -0.05) is 31.5 Å². The third kappa shape index (κ3) is 3.19. The molecule has 0 unspecified atom stereocenters. The number of unbranched alkanes of at least 4 members (excludes halogenated alkanes) is 1. The van der Waals surface area contributed by atoms with E-state index in [2.05, 4.69) is 10.2 Å². The largest absolute Gasteiger partial charge is 0.465 e. The molecule has 1 heterocycles. The van der Waals surface area contributed by atoms with Gasteiger partial charge < -0.3 is 4.74 Å². The molecule has 0 aliphatic carbocycles. The van der Waals surface area contributed by atoms with Crippen LogP contribution in [0.4, 0.5) is 0 Å². The standard InChI is InChI=1S/C14H16N2O3/c1-2-3-8-19-13(17)9-12-10-6-4-5-7-11(10)14(18)16-15-12/h4-7H,2-3,8-9H2,1H3,(H,16,18). The van der Waals surface area contributed by atoms with Gasteiger partial charge in [-0.2, -0.15) is 5.10 Å². The molecule has 0 bridgehead atoms. The molecule has 19 heavy (non-hydrogen) atoms. The number of benzene rings is 1. The lowest BCUT2D eigenvalue weighted by atomic mass is 10.1. The topological polar surface area (TPSA) is 72.0 Å². The number of hydrogen-bond donors (Lipinski definition) is 1. The number of nitrogens with one attached hydrogen (secondary N) is 1. The first kappa shape index (κ1) is 13.3. The number of carbonyl (C=O) groups excluding carboxylic acids is 1. The van der Waals surface area contributed by atoms with Gasteiger partial charge in [-0.05, 0) is 12.5 Å². The lowest BCUT2D eigenvalue weighted by Crippen LogP contribution is -2.15. The second-order valence-corrected chi connectivity index (χ2v) is 4.30. The third-order valence-corrected chi connectivity index (χ3v) is 2.85. The molecule has 0 fully saturated rings. The number of hydrogen-bond acceptors (Lipinski definition) is 4. The molecule has 5 heteroatoms. The average molecular weight is 260 g/mol. The summed E-state index contributed by atoms with van der Waals surface area (Å²) in [6.45, 7) is 2.46. The Bertz CT molecular complexity index is 634. The fourth-order valence-electron chi connectivity index (χ4n) is 1.82. The van der Waals surface area contributed by atoms with E-state index in [4.69, 9.17) is 4.74 Å². The number of fused-ring (bicyclic) bond motifs is 1. The summed E-state index contributed by atoms with van der Waals surface area (Å²) in [6.07, 6.45) is 1.90. The number of nitrogens with zero attached hydrogens (tertiary/aromatic N) is 1. The Morgan fingerprint density at radius 1 is 1.32 bits per heavy atom. The van der Waals surface area contributed by atoms with Gasteiger partial charge in [0.2, 0.25) is 0 Å². The SMILES string of the molecule is CCCCOC(=O)Cc1n[nH]c(=O)c2ccccc12. The molecule has 0 saturated heterocycles. The summed E-state index contributed by atoms with van der Waals surface area (Å²) in [6, 6.07) is 7.09. The molecule has 0 radical (unpaired) electrons. The Morgan fingerprint density at radius 3 is 2.79 bits per heavy atom. The van der Waals surface area contributed by atoms with Crippen LogP contribution in [0.1, 0.15) is 25.5 Å². The fraction of sp³-hybridized carbons (Fsp3) is 0.357. The maximum Gasteiger partial charge on any atom is 0.311 e. The summed E-state index contributed by atoms with van der Waals surface area (Å²) in [4.78, 5) is 23.3. The van der Waals surface area contributed by atoms with Gasteiger partial charge in [0.15, 0.2) is 0 Å². The van der Waals surface area contributed by atoms with Gasteiger partial charge in [0.05, 0.1) is 24.1 Å². The maximum atomic E-state index is 11.7. The Labute approximate surface area is 110 Å². The highest BCUT2D eigenvalue weighted by Gasteiger charge is 2.11. The Balaban J connectivity index is 2.19. The normalized spacial score (nSPS) is 10.6. The molecular weight excluding hydrogens is 244 g/mol. The van der Waals surface area contributed by atoms with Crippen LogP contribution in [0.2, 0.25) is 0 Å². The molecule has 0 spiro atoms. The Morgan fingerprint density at radius 2 is 2.05 bits per heavy atom. The molecule has 0 atom stereocenters. The quantitative estimate of drug-likeness (QED) is 0.657. The van der Waals surface area contributed by atoms with E-state index in [0.29, 0.717) is 23.1 Å². The summed E-state index contributed by atoms with van der Waals surface area (Å²) in [7, 11) is 0. The zero-order valence-corrected chi connectivity index (χ0v) is 10.8. The van der Waals surface area contributed by atoms with Gasteiger partial charge in [0.1, 0.15) is 0 Å². The van der Waals surface area contributed by atoms with Crippen LogP contribution in [-0.2, 0) is 16.0 Å². The van der Waals surface area contributed by atoms with Gasteiger partial charge in [0.25, 0.3) is 5.56 Å². The van der Waals surface area contributed by atoms with Crippen molar-refractivity contribution in [2.75, 3.05) is 6.61 Å². The van der Waals surface area contributed by atoms with Crippen LogP contribution in [-0.4, -0.2) is 22.8 Å². The number of H-pyrrole nitrogens is 1. The van der Waals surface area contributed by atoms with E-state index in [1.165, 1.54) is 0 Å². The zero-order chi connectivity index (χ0) is 13.7. The van der Waals surface area contributed by atoms with Crippen molar-refractivity contribution in [3.63, 3.8) is 0 Å². The van der Waals surface area contributed by atoms with Gasteiger partial charge in [0, 0.05) is 5.39 Å². The van der Waals surface area contributed by atoms with E-state index < -0.39 is 0 Å². The number of carbonyl (C=O) groups is 1. The van der Waals surface area contributed by atoms with E-state index in [-0.39, 0.29) is 17.9 Å². The molecule has 100 valence electrons. The number of esters is 1. The average Bonchev–Trinajstić information content (AvgIpc) is 2.43. The van der Waals surface area contributed by atoms with Gasteiger partial charge in [-0.25, -0.2) is 5.10 Å². The molecule has 0 aliphatic heterocycles. The molecule has 1 N–H and O–H groups in total. The van der Waals surface area contributed by atoms with Crippen LogP contribution in [0, 0.1) is 0 Å². The van der Waals surface area contributed by atoms with Crippen molar-refractivity contribution in [1.82, 2.24) is 10.2 Å². The maximum absolute atomic E-state index is 11.7. The van der Waals surface area contributed by atoms with Gasteiger partial charge >= 0.3 is 5.97 Å².